The lowest BCUT2D eigenvalue weighted by Crippen LogP contribution is -2.37. The number of fused-ring (bicyclic) bond motifs is 1. The van der Waals surface area contributed by atoms with Gasteiger partial charge in [0.2, 0.25) is 0 Å². The monoisotopic (exact) mass is 402 g/mol. The molecule has 2 heterocycles. The van der Waals surface area contributed by atoms with Gasteiger partial charge in [0.1, 0.15) is 23.1 Å². The number of aromatic nitrogens is 3. The number of carbonyl (C=O) groups excluding carboxylic acids is 1. The molecule has 9 heteroatoms. The minimum absolute atomic E-state index is 0.0325. The van der Waals surface area contributed by atoms with Crippen molar-refractivity contribution in [1.82, 2.24) is 20.3 Å². The van der Waals surface area contributed by atoms with E-state index in [-0.39, 0.29) is 28.8 Å². The molecule has 1 aromatic carbocycles. The molecule has 29 heavy (non-hydrogen) atoms. The van der Waals surface area contributed by atoms with E-state index in [1.54, 1.807) is 32.9 Å². The van der Waals surface area contributed by atoms with Crippen LogP contribution in [0.25, 0.3) is 11.0 Å². The summed E-state index contributed by atoms with van der Waals surface area (Å²) in [5, 5.41) is 2.88. The first-order chi connectivity index (χ1) is 13.6. The number of nitrogens with zero attached hydrogens (tertiary/aromatic N) is 2. The largest absolute Gasteiger partial charge is 0.444 e. The highest BCUT2D eigenvalue weighted by Gasteiger charge is 2.23. The number of nitrogens with one attached hydrogen (secondary N) is 2. The van der Waals surface area contributed by atoms with E-state index in [2.05, 4.69) is 20.3 Å². The summed E-state index contributed by atoms with van der Waals surface area (Å²) in [6.07, 6.45) is 0.689. The molecule has 0 radical (unpaired) electrons. The van der Waals surface area contributed by atoms with Crippen molar-refractivity contribution in [3.63, 3.8) is 0 Å². The van der Waals surface area contributed by atoms with Gasteiger partial charge in [-0.25, -0.2) is 23.5 Å². The number of H-pyrrole nitrogens is 1. The number of rotatable bonds is 4. The highest BCUT2D eigenvalue weighted by Crippen LogP contribution is 2.19. The SMILES string of the molecule is CC(C)(C)OC(=O)NC(Cc1cc(F)cc(F)c1)c1nc2ncccc2c(=O)[nH]1. The number of hydrogen-bond donors (Lipinski definition) is 2. The van der Waals surface area contributed by atoms with E-state index in [0.717, 1.165) is 18.2 Å². The van der Waals surface area contributed by atoms with E-state index in [1.165, 1.54) is 6.20 Å². The summed E-state index contributed by atoms with van der Waals surface area (Å²) >= 11 is 0. The average molecular weight is 402 g/mol. The lowest BCUT2D eigenvalue weighted by molar-refractivity contribution is 0.0501. The molecule has 0 aliphatic rings. The van der Waals surface area contributed by atoms with Crippen LogP contribution in [-0.2, 0) is 11.2 Å². The Morgan fingerprint density at radius 3 is 2.59 bits per heavy atom. The smallest absolute Gasteiger partial charge is 0.408 e. The summed E-state index contributed by atoms with van der Waals surface area (Å²) in [4.78, 5) is 35.6. The Morgan fingerprint density at radius 2 is 1.93 bits per heavy atom. The van der Waals surface area contributed by atoms with Crippen molar-refractivity contribution in [3.05, 3.63) is 69.9 Å². The Morgan fingerprint density at radius 1 is 1.24 bits per heavy atom. The number of halogens is 2. The zero-order valence-corrected chi connectivity index (χ0v) is 16.1. The molecule has 1 amide bonds. The van der Waals surface area contributed by atoms with Gasteiger partial charge < -0.3 is 15.0 Å². The molecular weight excluding hydrogens is 382 g/mol. The second kappa shape index (κ2) is 7.94. The fourth-order valence-corrected chi connectivity index (χ4v) is 2.78. The van der Waals surface area contributed by atoms with Gasteiger partial charge in [-0.3, -0.25) is 4.79 Å². The maximum atomic E-state index is 13.6. The van der Waals surface area contributed by atoms with Crippen molar-refractivity contribution >= 4 is 17.1 Å². The zero-order valence-electron chi connectivity index (χ0n) is 16.1. The third-order valence-corrected chi connectivity index (χ3v) is 3.88. The summed E-state index contributed by atoms with van der Waals surface area (Å²) in [6, 6.07) is 5.29. The van der Waals surface area contributed by atoms with Gasteiger partial charge in [-0.2, -0.15) is 0 Å². The van der Waals surface area contributed by atoms with Gasteiger partial charge in [0.25, 0.3) is 5.56 Å². The molecule has 0 saturated carbocycles. The number of carbonyl (C=O) groups is 1. The van der Waals surface area contributed by atoms with Crippen molar-refractivity contribution in [2.75, 3.05) is 0 Å². The van der Waals surface area contributed by atoms with Crippen LogP contribution in [0, 0.1) is 11.6 Å². The van der Waals surface area contributed by atoms with Crippen LogP contribution in [0.3, 0.4) is 0 Å². The van der Waals surface area contributed by atoms with E-state index in [1.807, 2.05) is 0 Å². The Hall–Kier alpha value is -3.36. The molecule has 0 fully saturated rings. The van der Waals surface area contributed by atoms with Gasteiger partial charge in [-0.05, 0) is 50.6 Å². The van der Waals surface area contributed by atoms with Gasteiger partial charge in [0.05, 0.1) is 11.4 Å². The Kier molecular flexibility index (Phi) is 5.58. The first-order valence-electron chi connectivity index (χ1n) is 8.90. The van der Waals surface area contributed by atoms with Crippen LogP contribution in [0.4, 0.5) is 13.6 Å². The highest BCUT2D eigenvalue weighted by molar-refractivity contribution is 5.73. The molecule has 1 unspecified atom stereocenters. The van der Waals surface area contributed by atoms with E-state index >= 15 is 0 Å². The molecule has 2 N–H and O–H groups in total. The number of benzene rings is 1. The lowest BCUT2D eigenvalue weighted by atomic mass is 10.0. The van der Waals surface area contributed by atoms with Crippen molar-refractivity contribution in [2.45, 2.75) is 38.8 Å². The van der Waals surface area contributed by atoms with E-state index in [9.17, 15) is 18.4 Å². The summed E-state index contributed by atoms with van der Waals surface area (Å²) in [5.74, 6) is -1.41. The third-order valence-electron chi connectivity index (χ3n) is 3.88. The fourth-order valence-electron chi connectivity index (χ4n) is 2.78. The van der Waals surface area contributed by atoms with E-state index < -0.39 is 34.9 Å². The Bertz CT molecular complexity index is 1090. The fraction of sp³-hybridized carbons (Fsp3) is 0.300. The lowest BCUT2D eigenvalue weighted by Gasteiger charge is -2.23. The molecule has 0 bridgehead atoms. The molecule has 0 aliphatic heterocycles. The predicted octanol–water partition coefficient (Wildman–Crippen LogP) is 3.40. The van der Waals surface area contributed by atoms with E-state index in [0.29, 0.717) is 0 Å². The number of hydrogen-bond acceptors (Lipinski definition) is 5. The van der Waals surface area contributed by atoms with Crippen LogP contribution >= 0.6 is 0 Å². The summed E-state index contributed by atoms with van der Waals surface area (Å²) in [7, 11) is 0. The molecule has 0 saturated heterocycles. The van der Waals surface area contributed by atoms with Crippen molar-refractivity contribution < 1.29 is 18.3 Å². The quantitative estimate of drug-likeness (QED) is 0.697. The van der Waals surface area contributed by atoms with Crippen LogP contribution in [-0.4, -0.2) is 26.6 Å². The maximum Gasteiger partial charge on any atom is 0.408 e. The zero-order chi connectivity index (χ0) is 21.2. The first-order valence-corrected chi connectivity index (χ1v) is 8.90. The molecule has 3 rings (SSSR count). The first kappa shape index (κ1) is 20.4. The molecule has 152 valence electrons. The normalized spacial score (nSPS) is 12.6. The molecule has 2 aromatic heterocycles. The number of alkyl carbamates (subject to hydrolysis) is 1. The molecule has 0 spiro atoms. The second-order valence-corrected chi connectivity index (χ2v) is 7.51. The molecule has 0 aliphatic carbocycles. The number of pyridine rings is 1. The standard InChI is InChI=1S/C20H20F2N4O3/c1-20(2,3)29-19(28)24-15(9-11-7-12(21)10-13(22)8-11)17-25-16-14(18(27)26-17)5-4-6-23-16/h4-8,10,15H,9H2,1-3H3,(H,24,28)(H,23,25,26,27). The topological polar surface area (TPSA) is 97.0 Å². The summed E-state index contributed by atoms with van der Waals surface area (Å²) in [6.45, 7) is 5.09. The van der Waals surface area contributed by atoms with Crippen molar-refractivity contribution in [2.24, 2.45) is 0 Å². The van der Waals surface area contributed by atoms with Crippen LogP contribution in [0.5, 0.6) is 0 Å². The summed E-state index contributed by atoms with van der Waals surface area (Å²) < 4.78 is 32.5. The van der Waals surface area contributed by atoms with Crippen LogP contribution in [0.1, 0.15) is 38.2 Å². The minimum Gasteiger partial charge on any atom is -0.444 e. The van der Waals surface area contributed by atoms with Crippen LogP contribution < -0.4 is 10.9 Å². The minimum atomic E-state index is -0.912. The predicted molar refractivity (Wildman–Crippen MR) is 102 cm³/mol. The van der Waals surface area contributed by atoms with Gasteiger partial charge in [0, 0.05) is 18.7 Å². The maximum absolute atomic E-state index is 13.6. The molecule has 1 atom stereocenters. The highest BCUT2D eigenvalue weighted by atomic mass is 19.1. The number of ether oxygens (including phenoxy) is 1. The van der Waals surface area contributed by atoms with Crippen LogP contribution in [0.2, 0.25) is 0 Å². The van der Waals surface area contributed by atoms with Crippen molar-refractivity contribution in [3.8, 4) is 0 Å². The Labute approximate surface area is 165 Å². The van der Waals surface area contributed by atoms with Gasteiger partial charge >= 0.3 is 6.09 Å². The van der Waals surface area contributed by atoms with Gasteiger partial charge in [-0.1, -0.05) is 0 Å². The second-order valence-electron chi connectivity index (χ2n) is 7.51. The van der Waals surface area contributed by atoms with E-state index in [4.69, 9.17) is 4.74 Å². The van der Waals surface area contributed by atoms with Crippen LogP contribution in [0.15, 0.2) is 41.3 Å². The molecule has 3 aromatic rings. The van der Waals surface area contributed by atoms with Crippen molar-refractivity contribution in [1.29, 1.82) is 0 Å². The summed E-state index contributed by atoms with van der Waals surface area (Å²) in [5.41, 5.74) is -0.745. The van der Waals surface area contributed by atoms with Gasteiger partial charge in [-0.15, -0.1) is 0 Å². The van der Waals surface area contributed by atoms with Gasteiger partial charge in [0.15, 0.2) is 5.65 Å². The Balaban J connectivity index is 2.00. The molecule has 7 nitrogen and oxygen atoms in total. The average Bonchev–Trinajstić information content (AvgIpc) is 2.58. The number of amides is 1. The third kappa shape index (κ3) is 5.34. The number of aromatic amines is 1. The molecular formula is C20H20F2N4O3.